The Labute approximate surface area is 56.6 Å². The molecule has 0 aliphatic carbocycles. The molecule has 0 radical (unpaired) electrons. The predicted molar refractivity (Wildman–Crippen MR) is 33.6 cm³/mol. The number of carbonyl (C=O) groups excluding carboxylic acids is 1. The van der Waals surface area contributed by atoms with E-state index in [1.54, 1.807) is 13.8 Å². The predicted octanol–water partition coefficient (Wildman–Crippen LogP) is 1.25. The van der Waals surface area contributed by atoms with E-state index in [0.717, 1.165) is 0 Å². The fourth-order valence-electron chi connectivity index (χ4n) is 0.133. The Morgan fingerprint density at radius 1 is 1.75 bits per heavy atom. The van der Waals surface area contributed by atoms with Gasteiger partial charge >= 0.3 is 0 Å². The highest BCUT2D eigenvalue weighted by atomic mass is 79.9. The Kier molecular flexibility index (Phi) is 2.17. The summed E-state index contributed by atoms with van der Waals surface area (Å²) < 4.78 is -0.679. The fraction of sp³-hybridized carbons (Fsp3) is 0.600. The van der Waals surface area contributed by atoms with Gasteiger partial charge in [0.1, 0.15) is 6.07 Å². The minimum atomic E-state index is -0.679. The Hall–Kier alpha value is -0.360. The molecule has 0 aromatic rings. The summed E-state index contributed by atoms with van der Waals surface area (Å²) in [4.78, 5) is 10.4. The van der Waals surface area contributed by atoms with Crippen molar-refractivity contribution in [3.05, 3.63) is 0 Å². The van der Waals surface area contributed by atoms with Crippen LogP contribution in [0.3, 0.4) is 0 Å². The normalized spacial score (nSPS) is 10.2. The van der Waals surface area contributed by atoms with Gasteiger partial charge in [0.05, 0.1) is 4.32 Å². The van der Waals surface area contributed by atoms with Gasteiger partial charge in [-0.1, -0.05) is 15.9 Å². The average molecular weight is 176 g/mol. The summed E-state index contributed by atoms with van der Waals surface area (Å²) >= 11 is 3.03. The summed E-state index contributed by atoms with van der Waals surface area (Å²) in [6, 6.07) is 1.52. The number of Topliss-reactive ketones (excluding diaryl/α,β-unsaturated/α-hetero) is 1. The van der Waals surface area contributed by atoms with Gasteiger partial charge in [0.2, 0.25) is 5.78 Å². The van der Waals surface area contributed by atoms with Crippen LogP contribution < -0.4 is 0 Å². The number of hydrogen-bond donors (Lipinski definition) is 0. The molecule has 0 spiro atoms. The first-order valence-corrected chi connectivity index (χ1v) is 2.91. The van der Waals surface area contributed by atoms with Crippen LogP contribution in [0.2, 0.25) is 0 Å². The maximum Gasteiger partial charge on any atom is 0.247 e. The monoisotopic (exact) mass is 175 g/mol. The Morgan fingerprint density at radius 2 is 2.12 bits per heavy atom. The number of ketones is 1. The van der Waals surface area contributed by atoms with Crippen LogP contribution in [0.5, 0.6) is 0 Å². The van der Waals surface area contributed by atoms with Crippen LogP contribution in [0.25, 0.3) is 0 Å². The van der Waals surface area contributed by atoms with E-state index in [4.69, 9.17) is 5.26 Å². The minimum absolute atomic E-state index is 0.447. The van der Waals surface area contributed by atoms with Gasteiger partial charge in [-0.3, -0.25) is 4.79 Å². The maximum atomic E-state index is 10.4. The van der Waals surface area contributed by atoms with Gasteiger partial charge in [-0.25, -0.2) is 0 Å². The molecule has 0 rings (SSSR count). The SMILES string of the molecule is CC(C)(Br)C(=O)C#N. The van der Waals surface area contributed by atoms with Crippen molar-refractivity contribution in [1.29, 1.82) is 5.26 Å². The summed E-state index contributed by atoms with van der Waals surface area (Å²) in [5, 5.41) is 8.04. The van der Waals surface area contributed by atoms with E-state index in [-0.39, 0.29) is 0 Å². The number of hydrogen-bond acceptors (Lipinski definition) is 2. The lowest BCUT2D eigenvalue weighted by molar-refractivity contribution is -0.115. The molecule has 0 saturated carbocycles. The van der Waals surface area contributed by atoms with Crippen molar-refractivity contribution in [1.82, 2.24) is 0 Å². The molecule has 0 aliphatic heterocycles. The van der Waals surface area contributed by atoms with Gasteiger partial charge in [-0.05, 0) is 13.8 Å². The second-order valence-corrected chi connectivity index (χ2v) is 3.90. The number of halogens is 1. The molecule has 0 fully saturated rings. The van der Waals surface area contributed by atoms with E-state index in [0.29, 0.717) is 0 Å². The third-order valence-electron chi connectivity index (χ3n) is 0.641. The van der Waals surface area contributed by atoms with Crippen LogP contribution in [-0.2, 0) is 4.79 Å². The van der Waals surface area contributed by atoms with Crippen LogP contribution in [-0.4, -0.2) is 10.1 Å². The van der Waals surface area contributed by atoms with Crippen molar-refractivity contribution in [2.75, 3.05) is 0 Å². The van der Waals surface area contributed by atoms with Crippen molar-refractivity contribution in [2.45, 2.75) is 18.2 Å². The highest BCUT2D eigenvalue weighted by Gasteiger charge is 2.22. The quantitative estimate of drug-likeness (QED) is 0.445. The second-order valence-electron chi connectivity index (χ2n) is 1.91. The average Bonchev–Trinajstić information content (AvgIpc) is 1.62. The van der Waals surface area contributed by atoms with Gasteiger partial charge in [0.25, 0.3) is 0 Å². The maximum absolute atomic E-state index is 10.4. The summed E-state index contributed by atoms with van der Waals surface area (Å²) in [6.45, 7) is 3.27. The lowest BCUT2D eigenvalue weighted by Gasteiger charge is -2.06. The van der Waals surface area contributed by atoms with E-state index >= 15 is 0 Å². The molecule has 3 heteroatoms. The standard InChI is InChI=1S/C5H6BrNO/c1-5(2,6)4(8)3-7/h1-2H3. The van der Waals surface area contributed by atoms with Gasteiger partial charge in [0, 0.05) is 0 Å². The molecule has 0 heterocycles. The molecule has 0 bridgehead atoms. The molecule has 8 heavy (non-hydrogen) atoms. The van der Waals surface area contributed by atoms with Crippen LogP contribution >= 0.6 is 15.9 Å². The largest absolute Gasteiger partial charge is 0.281 e. The Morgan fingerprint density at radius 3 is 2.12 bits per heavy atom. The Balaban J connectivity index is 4.09. The zero-order valence-corrected chi connectivity index (χ0v) is 6.32. The van der Waals surface area contributed by atoms with Crippen LogP contribution in [0.15, 0.2) is 0 Å². The smallest absolute Gasteiger partial charge is 0.247 e. The van der Waals surface area contributed by atoms with E-state index in [9.17, 15) is 4.79 Å². The first-order valence-electron chi connectivity index (χ1n) is 2.12. The molecule has 0 amide bonds. The molecule has 0 aromatic heterocycles. The fourth-order valence-corrected chi connectivity index (χ4v) is 0.222. The van der Waals surface area contributed by atoms with Gasteiger partial charge < -0.3 is 0 Å². The van der Waals surface area contributed by atoms with Gasteiger partial charge in [0.15, 0.2) is 0 Å². The van der Waals surface area contributed by atoms with Gasteiger partial charge in [-0.15, -0.1) is 0 Å². The number of rotatable bonds is 1. The molecule has 0 saturated heterocycles. The summed E-state index contributed by atoms with van der Waals surface area (Å²) in [5.41, 5.74) is 0. The van der Waals surface area contributed by atoms with E-state index in [1.165, 1.54) is 6.07 Å². The van der Waals surface area contributed by atoms with Crippen molar-refractivity contribution >= 4 is 21.7 Å². The lowest BCUT2D eigenvalue weighted by Crippen LogP contribution is -2.21. The first kappa shape index (κ1) is 7.64. The zero-order chi connectivity index (χ0) is 6.78. The third-order valence-corrected chi connectivity index (χ3v) is 1.00. The first-order chi connectivity index (χ1) is 3.48. The molecule has 0 N–H and O–H groups in total. The van der Waals surface area contributed by atoms with Crippen molar-refractivity contribution in [3.63, 3.8) is 0 Å². The highest BCUT2D eigenvalue weighted by Crippen LogP contribution is 2.15. The third kappa shape index (κ3) is 2.08. The Bertz CT molecular complexity index is 139. The van der Waals surface area contributed by atoms with Crippen LogP contribution in [0, 0.1) is 11.3 Å². The highest BCUT2D eigenvalue weighted by molar-refractivity contribution is 9.10. The second kappa shape index (κ2) is 2.27. The van der Waals surface area contributed by atoms with Crippen molar-refractivity contribution < 1.29 is 4.79 Å². The van der Waals surface area contributed by atoms with E-state index in [1.807, 2.05) is 0 Å². The number of nitrogens with zero attached hydrogens (tertiary/aromatic N) is 1. The number of nitriles is 1. The zero-order valence-electron chi connectivity index (χ0n) is 4.73. The molecule has 0 aromatic carbocycles. The van der Waals surface area contributed by atoms with Crippen molar-refractivity contribution in [3.8, 4) is 6.07 Å². The van der Waals surface area contributed by atoms with Gasteiger partial charge in [-0.2, -0.15) is 5.26 Å². The van der Waals surface area contributed by atoms with Crippen LogP contribution in [0.1, 0.15) is 13.8 Å². The summed E-state index contributed by atoms with van der Waals surface area (Å²) in [7, 11) is 0. The van der Waals surface area contributed by atoms with Crippen LogP contribution in [0.4, 0.5) is 0 Å². The van der Waals surface area contributed by atoms with E-state index in [2.05, 4.69) is 15.9 Å². The minimum Gasteiger partial charge on any atom is -0.281 e. The molecular weight excluding hydrogens is 170 g/mol. The molecule has 2 nitrogen and oxygen atoms in total. The van der Waals surface area contributed by atoms with E-state index < -0.39 is 10.1 Å². The molecule has 0 atom stereocenters. The number of carbonyl (C=O) groups is 1. The molecular formula is C5H6BrNO. The molecule has 44 valence electrons. The summed E-state index contributed by atoms with van der Waals surface area (Å²) in [5.74, 6) is -0.447. The lowest BCUT2D eigenvalue weighted by atomic mass is 10.1. The molecule has 0 unspecified atom stereocenters. The molecule has 0 aliphatic rings. The topological polar surface area (TPSA) is 40.9 Å². The summed E-state index contributed by atoms with van der Waals surface area (Å²) in [6.07, 6.45) is 0. The van der Waals surface area contributed by atoms with Crippen molar-refractivity contribution in [2.24, 2.45) is 0 Å². The number of alkyl halides is 1.